The zero-order chi connectivity index (χ0) is 14.7. The first-order valence-corrected chi connectivity index (χ1v) is 7.30. The van der Waals surface area contributed by atoms with Crippen LogP contribution in [-0.4, -0.2) is 51.1 Å². The maximum atomic E-state index is 12.0. The van der Waals surface area contributed by atoms with Crippen LogP contribution in [0.25, 0.3) is 0 Å². The van der Waals surface area contributed by atoms with Gasteiger partial charge in [-0.25, -0.2) is 0 Å². The lowest BCUT2D eigenvalue weighted by atomic mass is 10.1. The van der Waals surface area contributed by atoms with Gasteiger partial charge in [0.25, 0.3) is 0 Å². The van der Waals surface area contributed by atoms with E-state index in [2.05, 4.69) is 48.2 Å². The number of hydrogen-bond acceptors (Lipinski definition) is 3. The molecule has 1 fully saturated rings. The second-order valence-electron chi connectivity index (χ2n) is 5.88. The van der Waals surface area contributed by atoms with Gasteiger partial charge >= 0.3 is 0 Å². The number of carbonyl (C=O) groups is 1. The van der Waals surface area contributed by atoms with Crippen LogP contribution in [0, 0.1) is 5.92 Å². The highest BCUT2D eigenvalue weighted by Gasteiger charge is 2.22. The number of anilines is 2. The molecule has 0 saturated carbocycles. The minimum absolute atomic E-state index is 0.0959. The minimum atomic E-state index is 0.0959. The molecule has 0 N–H and O–H groups in total. The Labute approximate surface area is 122 Å². The van der Waals surface area contributed by atoms with Gasteiger partial charge in [-0.1, -0.05) is 19.9 Å². The van der Waals surface area contributed by atoms with Crippen LogP contribution >= 0.6 is 0 Å². The molecular formula is C16H25N3O. The van der Waals surface area contributed by atoms with Crippen molar-refractivity contribution in [2.75, 3.05) is 50.1 Å². The Hall–Kier alpha value is -1.71. The van der Waals surface area contributed by atoms with Gasteiger partial charge < -0.3 is 14.7 Å². The second-order valence-corrected chi connectivity index (χ2v) is 5.88. The van der Waals surface area contributed by atoms with E-state index in [1.807, 2.05) is 18.7 Å². The van der Waals surface area contributed by atoms with Crippen LogP contribution in [0.15, 0.2) is 24.3 Å². The van der Waals surface area contributed by atoms with Gasteiger partial charge in [0, 0.05) is 57.6 Å². The summed E-state index contributed by atoms with van der Waals surface area (Å²) in [5, 5.41) is 0. The number of amides is 1. The number of hydrogen-bond donors (Lipinski definition) is 0. The standard InChI is InChI=1S/C16H25N3O/c1-13(2)16(20)19-10-8-18(9-11-19)15-7-5-6-14(12-15)17(3)4/h5-7,12-13H,8-11H2,1-4H3. The normalized spacial score (nSPS) is 15.7. The van der Waals surface area contributed by atoms with Gasteiger partial charge in [-0.2, -0.15) is 0 Å². The van der Waals surface area contributed by atoms with Crippen LogP contribution in [-0.2, 0) is 4.79 Å². The summed E-state index contributed by atoms with van der Waals surface area (Å²) in [4.78, 5) is 18.4. The summed E-state index contributed by atoms with van der Waals surface area (Å²) in [6.07, 6.45) is 0. The summed E-state index contributed by atoms with van der Waals surface area (Å²) in [5.74, 6) is 0.366. The minimum Gasteiger partial charge on any atom is -0.378 e. The smallest absolute Gasteiger partial charge is 0.225 e. The van der Waals surface area contributed by atoms with Crippen molar-refractivity contribution in [1.82, 2.24) is 4.90 Å². The average Bonchev–Trinajstić information content (AvgIpc) is 2.46. The molecule has 0 bridgehead atoms. The SMILES string of the molecule is CC(C)C(=O)N1CCN(c2cccc(N(C)C)c2)CC1. The second kappa shape index (κ2) is 6.16. The highest BCUT2D eigenvalue weighted by molar-refractivity contribution is 5.78. The molecular weight excluding hydrogens is 250 g/mol. The Kier molecular flexibility index (Phi) is 4.53. The molecule has 20 heavy (non-hydrogen) atoms. The summed E-state index contributed by atoms with van der Waals surface area (Å²) in [6.45, 7) is 7.40. The van der Waals surface area contributed by atoms with E-state index in [-0.39, 0.29) is 11.8 Å². The van der Waals surface area contributed by atoms with Crippen molar-refractivity contribution >= 4 is 17.3 Å². The largest absolute Gasteiger partial charge is 0.378 e. The van der Waals surface area contributed by atoms with E-state index in [1.165, 1.54) is 11.4 Å². The Balaban J connectivity index is 2.00. The first kappa shape index (κ1) is 14.7. The predicted molar refractivity (Wildman–Crippen MR) is 84.4 cm³/mol. The van der Waals surface area contributed by atoms with Gasteiger partial charge in [-0.3, -0.25) is 4.79 Å². The van der Waals surface area contributed by atoms with Gasteiger partial charge in [0.15, 0.2) is 0 Å². The van der Waals surface area contributed by atoms with Gasteiger partial charge in [0.05, 0.1) is 0 Å². The number of rotatable bonds is 3. The summed E-state index contributed by atoms with van der Waals surface area (Å²) in [7, 11) is 4.11. The molecule has 1 aliphatic heterocycles. The van der Waals surface area contributed by atoms with Crippen LogP contribution in [0.2, 0.25) is 0 Å². The average molecular weight is 275 g/mol. The van der Waals surface area contributed by atoms with Gasteiger partial charge in [-0.05, 0) is 18.2 Å². The third-order valence-electron chi connectivity index (χ3n) is 3.80. The van der Waals surface area contributed by atoms with Gasteiger partial charge in [-0.15, -0.1) is 0 Å². The summed E-state index contributed by atoms with van der Waals surface area (Å²) in [5.41, 5.74) is 2.45. The van der Waals surface area contributed by atoms with E-state index in [1.54, 1.807) is 0 Å². The lowest BCUT2D eigenvalue weighted by molar-refractivity contribution is -0.134. The van der Waals surface area contributed by atoms with E-state index in [4.69, 9.17) is 0 Å². The molecule has 0 spiro atoms. The van der Waals surface area contributed by atoms with Gasteiger partial charge in [0.1, 0.15) is 0 Å². The maximum absolute atomic E-state index is 12.0. The molecule has 110 valence electrons. The number of nitrogens with zero attached hydrogens (tertiary/aromatic N) is 3. The Bertz CT molecular complexity index is 463. The Morgan fingerprint density at radius 2 is 1.80 bits per heavy atom. The lowest BCUT2D eigenvalue weighted by Crippen LogP contribution is -2.49. The van der Waals surface area contributed by atoms with Crippen LogP contribution in [0.1, 0.15) is 13.8 Å². The van der Waals surface area contributed by atoms with Crippen LogP contribution in [0.5, 0.6) is 0 Å². The summed E-state index contributed by atoms with van der Waals surface area (Å²) in [6, 6.07) is 8.56. The summed E-state index contributed by atoms with van der Waals surface area (Å²) >= 11 is 0. The Morgan fingerprint density at radius 3 is 2.35 bits per heavy atom. The molecule has 1 aromatic carbocycles. The summed E-state index contributed by atoms with van der Waals surface area (Å²) < 4.78 is 0. The lowest BCUT2D eigenvalue weighted by Gasteiger charge is -2.37. The van der Waals surface area contributed by atoms with Crippen molar-refractivity contribution in [3.05, 3.63) is 24.3 Å². The topological polar surface area (TPSA) is 26.8 Å². The molecule has 2 rings (SSSR count). The molecule has 0 aliphatic carbocycles. The van der Waals surface area contributed by atoms with E-state index in [0.717, 1.165) is 26.2 Å². The fourth-order valence-electron chi connectivity index (χ4n) is 2.52. The molecule has 0 unspecified atom stereocenters. The van der Waals surface area contributed by atoms with Crippen molar-refractivity contribution in [2.24, 2.45) is 5.92 Å². The monoisotopic (exact) mass is 275 g/mol. The molecule has 1 heterocycles. The zero-order valence-electron chi connectivity index (χ0n) is 13.0. The van der Waals surface area contributed by atoms with Crippen LogP contribution in [0.3, 0.4) is 0 Å². The molecule has 0 aromatic heterocycles. The molecule has 0 atom stereocenters. The fourth-order valence-corrected chi connectivity index (χ4v) is 2.52. The van der Waals surface area contributed by atoms with E-state index < -0.39 is 0 Å². The molecule has 4 heteroatoms. The third-order valence-corrected chi connectivity index (χ3v) is 3.80. The van der Waals surface area contributed by atoms with Crippen LogP contribution < -0.4 is 9.80 Å². The first-order valence-electron chi connectivity index (χ1n) is 7.30. The van der Waals surface area contributed by atoms with Crippen molar-refractivity contribution in [3.8, 4) is 0 Å². The quantitative estimate of drug-likeness (QED) is 0.845. The molecule has 1 saturated heterocycles. The zero-order valence-corrected chi connectivity index (χ0v) is 13.0. The maximum Gasteiger partial charge on any atom is 0.225 e. The van der Waals surface area contributed by atoms with E-state index in [0.29, 0.717) is 0 Å². The predicted octanol–water partition coefficient (Wildman–Crippen LogP) is 2.06. The highest BCUT2D eigenvalue weighted by atomic mass is 16.2. The highest BCUT2D eigenvalue weighted by Crippen LogP contribution is 2.22. The molecule has 4 nitrogen and oxygen atoms in total. The third kappa shape index (κ3) is 3.24. The van der Waals surface area contributed by atoms with Gasteiger partial charge in [0.2, 0.25) is 5.91 Å². The van der Waals surface area contributed by atoms with Crippen molar-refractivity contribution in [3.63, 3.8) is 0 Å². The van der Waals surface area contributed by atoms with Crippen molar-refractivity contribution < 1.29 is 4.79 Å². The van der Waals surface area contributed by atoms with E-state index >= 15 is 0 Å². The number of carbonyl (C=O) groups excluding carboxylic acids is 1. The number of benzene rings is 1. The van der Waals surface area contributed by atoms with Crippen LogP contribution in [0.4, 0.5) is 11.4 Å². The molecule has 0 radical (unpaired) electrons. The Morgan fingerprint density at radius 1 is 1.15 bits per heavy atom. The molecule has 1 aromatic rings. The first-order chi connectivity index (χ1) is 9.49. The number of piperazine rings is 1. The fraction of sp³-hybridized carbons (Fsp3) is 0.562. The van der Waals surface area contributed by atoms with Crippen molar-refractivity contribution in [2.45, 2.75) is 13.8 Å². The molecule has 1 aliphatic rings. The van der Waals surface area contributed by atoms with E-state index in [9.17, 15) is 4.79 Å². The van der Waals surface area contributed by atoms with Crippen molar-refractivity contribution in [1.29, 1.82) is 0 Å². The molecule has 1 amide bonds.